The molecule has 21 heavy (non-hydrogen) atoms. The summed E-state index contributed by atoms with van der Waals surface area (Å²) in [6.07, 6.45) is 0.845. The molecular formula is C14H16ClN5O. The predicted octanol–water partition coefficient (Wildman–Crippen LogP) is 1.99. The first-order valence-electron chi connectivity index (χ1n) is 6.38. The largest absolute Gasteiger partial charge is 0.397 e. The van der Waals surface area contributed by atoms with Crippen LogP contribution in [0.2, 0.25) is 5.02 Å². The lowest BCUT2D eigenvalue weighted by atomic mass is 10.2. The molecule has 1 amide bonds. The van der Waals surface area contributed by atoms with E-state index < -0.39 is 0 Å². The van der Waals surface area contributed by atoms with Crippen LogP contribution in [-0.2, 0) is 4.79 Å². The van der Waals surface area contributed by atoms with Gasteiger partial charge in [-0.2, -0.15) is 10.5 Å². The van der Waals surface area contributed by atoms with E-state index in [0.717, 1.165) is 0 Å². The summed E-state index contributed by atoms with van der Waals surface area (Å²) in [4.78, 5) is 13.5. The molecule has 110 valence electrons. The van der Waals surface area contributed by atoms with Crippen LogP contribution in [0.4, 0.5) is 11.4 Å². The predicted molar refractivity (Wildman–Crippen MR) is 81.4 cm³/mol. The lowest BCUT2D eigenvalue weighted by Crippen LogP contribution is -2.26. The van der Waals surface area contributed by atoms with E-state index in [-0.39, 0.29) is 25.4 Å². The number of hydrogen-bond donors (Lipinski definition) is 2. The van der Waals surface area contributed by atoms with Gasteiger partial charge in [-0.05, 0) is 24.6 Å². The highest BCUT2D eigenvalue weighted by Crippen LogP contribution is 2.22. The normalized spacial score (nSPS) is 9.90. The van der Waals surface area contributed by atoms with Crippen LogP contribution in [0.3, 0.4) is 0 Å². The summed E-state index contributed by atoms with van der Waals surface area (Å²) in [7, 11) is 0. The van der Waals surface area contributed by atoms with E-state index in [4.69, 9.17) is 27.9 Å². The van der Waals surface area contributed by atoms with E-state index in [0.29, 0.717) is 29.4 Å². The molecule has 0 aromatic heterocycles. The average Bonchev–Trinajstić information content (AvgIpc) is 2.42. The Morgan fingerprint density at radius 2 is 2.00 bits per heavy atom. The minimum Gasteiger partial charge on any atom is -0.397 e. The van der Waals surface area contributed by atoms with Crippen molar-refractivity contribution in [2.45, 2.75) is 12.8 Å². The lowest BCUT2D eigenvalue weighted by Gasteiger charge is -2.14. The van der Waals surface area contributed by atoms with Crippen LogP contribution in [-0.4, -0.2) is 30.4 Å². The first-order chi connectivity index (χ1) is 10.1. The molecule has 0 saturated heterocycles. The van der Waals surface area contributed by atoms with Gasteiger partial charge in [0.2, 0.25) is 5.91 Å². The summed E-state index contributed by atoms with van der Waals surface area (Å²) in [6.45, 7) is 0.878. The fourth-order valence-electron chi connectivity index (χ4n) is 1.74. The summed E-state index contributed by atoms with van der Waals surface area (Å²) in [6, 6.07) is 8.84. The molecule has 0 fully saturated rings. The van der Waals surface area contributed by atoms with Crippen LogP contribution in [0.5, 0.6) is 0 Å². The molecule has 0 atom stereocenters. The van der Waals surface area contributed by atoms with Gasteiger partial charge in [-0.1, -0.05) is 11.6 Å². The van der Waals surface area contributed by atoms with Crippen molar-refractivity contribution >= 4 is 28.9 Å². The number of nitrogens with zero attached hydrogens (tertiary/aromatic N) is 3. The number of hydrogen-bond acceptors (Lipinski definition) is 5. The molecule has 0 aliphatic heterocycles. The number of anilines is 2. The molecule has 0 aliphatic rings. The summed E-state index contributed by atoms with van der Waals surface area (Å²) in [5, 5.41) is 20.4. The van der Waals surface area contributed by atoms with Gasteiger partial charge in [-0.3, -0.25) is 9.69 Å². The van der Waals surface area contributed by atoms with Crippen molar-refractivity contribution in [3.05, 3.63) is 23.2 Å². The Kier molecular flexibility index (Phi) is 7.03. The van der Waals surface area contributed by atoms with E-state index in [1.165, 1.54) is 0 Å². The fraction of sp³-hybridized carbons (Fsp3) is 0.357. The fourth-order valence-corrected chi connectivity index (χ4v) is 1.92. The molecular weight excluding hydrogens is 290 g/mol. The number of carbonyl (C=O) groups is 1. The zero-order valence-corrected chi connectivity index (χ0v) is 12.2. The number of benzene rings is 1. The van der Waals surface area contributed by atoms with Crippen LogP contribution >= 0.6 is 11.6 Å². The van der Waals surface area contributed by atoms with Crippen molar-refractivity contribution in [2.75, 3.05) is 30.7 Å². The number of amides is 1. The van der Waals surface area contributed by atoms with Gasteiger partial charge >= 0.3 is 0 Å². The Morgan fingerprint density at radius 1 is 1.33 bits per heavy atom. The van der Waals surface area contributed by atoms with Gasteiger partial charge in [0.05, 0.1) is 36.6 Å². The molecule has 3 N–H and O–H groups in total. The highest BCUT2D eigenvalue weighted by Gasteiger charge is 2.08. The van der Waals surface area contributed by atoms with Gasteiger partial charge in [0, 0.05) is 18.0 Å². The maximum Gasteiger partial charge on any atom is 0.224 e. The third-order valence-electron chi connectivity index (χ3n) is 2.75. The Balaban J connectivity index is 2.40. The Bertz CT molecular complexity index is 560. The molecule has 7 heteroatoms. The molecule has 0 heterocycles. The SMILES string of the molecule is N#CCN(CC#N)CCCC(=O)Nc1ccc(Cl)cc1N. The van der Waals surface area contributed by atoms with Gasteiger partial charge in [0.15, 0.2) is 0 Å². The molecule has 0 bridgehead atoms. The third kappa shape index (κ3) is 6.13. The molecule has 1 rings (SSSR count). The van der Waals surface area contributed by atoms with E-state index >= 15 is 0 Å². The van der Waals surface area contributed by atoms with Crippen molar-refractivity contribution in [2.24, 2.45) is 0 Å². The number of nitrogen functional groups attached to an aromatic ring is 1. The second-order valence-electron chi connectivity index (χ2n) is 4.41. The molecule has 0 unspecified atom stereocenters. The summed E-state index contributed by atoms with van der Waals surface area (Å²) < 4.78 is 0. The lowest BCUT2D eigenvalue weighted by molar-refractivity contribution is -0.116. The average molecular weight is 306 g/mol. The topological polar surface area (TPSA) is 106 Å². The zero-order chi connectivity index (χ0) is 15.7. The maximum atomic E-state index is 11.8. The van der Waals surface area contributed by atoms with E-state index in [1.54, 1.807) is 23.1 Å². The minimum absolute atomic E-state index is 0.169. The Morgan fingerprint density at radius 3 is 2.57 bits per heavy atom. The highest BCUT2D eigenvalue weighted by molar-refractivity contribution is 6.31. The molecule has 1 aromatic carbocycles. The van der Waals surface area contributed by atoms with Gasteiger partial charge in [-0.15, -0.1) is 0 Å². The second-order valence-corrected chi connectivity index (χ2v) is 4.85. The number of nitrogens with two attached hydrogens (primary N) is 1. The highest BCUT2D eigenvalue weighted by atomic mass is 35.5. The van der Waals surface area contributed by atoms with Gasteiger partial charge in [-0.25, -0.2) is 0 Å². The van der Waals surface area contributed by atoms with Crippen molar-refractivity contribution in [3.63, 3.8) is 0 Å². The number of nitriles is 2. The Hall–Kier alpha value is -2.28. The number of rotatable bonds is 7. The summed E-state index contributed by atoms with van der Waals surface area (Å²) in [5.74, 6) is -0.169. The van der Waals surface area contributed by atoms with Crippen LogP contribution in [0.1, 0.15) is 12.8 Å². The van der Waals surface area contributed by atoms with E-state index in [9.17, 15) is 4.79 Å². The molecule has 0 saturated carbocycles. The first-order valence-corrected chi connectivity index (χ1v) is 6.75. The van der Waals surface area contributed by atoms with Crippen molar-refractivity contribution in [1.82, 2.24) is 4.90 Å². The standard InChI is InChI=1S/C14H16ClN5O/c15-11-3-4-13(12(18)10-11)19-14(21)2-1-7-20(8-5-16)9-6-17/h3-4,10H,1-2,7-9,18H2,(H,19,21). The Labute approximate surface area is 128 Å². The summed E-state index contributed by atoms with van der Waals surface area (Å²) in [5.41, 5.74) is 6.68. The van der Waals surface area contributed by atoms with Gasteiger partial charge < -0.3 is 11.1 Å². The van der Waals surface area contributed by atoms with E-state index in [2.05, 4.69) is 5.32 Å². The smallest absolute Gasteiger partial charge is 0.224 e. The molecule has 0 aliphatic carbocycles. The van der Waals surface area contributed by atoms with Gasteiger partial charge in [0.1, 0.15) is 0 Å². The van der Waals surface area contributed by atoms with Crippen LogP contribution in [0.15, 0.2) is 18.2 Å². The van der Waals surface area contributed by atoms with E-state index in [1.807, 2.05) is 12.1 Å². The van der Waals surface area contributed by atoms with Gasteiger partial charge in [0.25, 0.3) is 0 Å². The number of nitrogens with one attached hydrogen (secondary N) is 1. The zero-order valence-electron chi connectivity index (χ0n) is 11.5. The minimum atomic E-state index is -0.169. The van der Waals surface area contributed by atoms with Crippen molar-refractivity contribution in [3.8, 4) is 12.1 Å². The molecule has 6 nitrogen and oxygen atoms in total. The van der Waals surface area contributed by atoms with Crippen molar-refractivity contribution in [1.29, 1.82) is 10.5 Å². The molecule has 1 aromatic rings. The maximum absolute atomic E-state index is 11.8. The third-order valence-corrected chi connectivity index (χ3v) is 2.99. The number of halogens is 1. The quantitative estimate of drug-likeness (QED) is 0.592. The first kappa shape index (κ1) is 16.8. The molecule has 0 spiro atoms. The second kappa shape index (κ2) is 8.80. The monoisotopic (exact) mass is 305 g/mol. The van der Waals surface area contributed by atoms with Crippen LogP contribution in [0, 0.1) is 22.7 Å². The van der Waals surface area contributed by atoms with Crippen LogP contribution in [0.25, 0.3) is 0 Å². The van der Waals surface area contributed by atoms with Crippen molar-refractivity contribution < 1.29 is 4.79 Å². The number of carbonyl (C=O) groups excluding carboxylic acids is 1. The van der Waals surface area contributed by atoms with Crippen LogP contribution < -0.4 is 11.1 Å². The summed E-state index contributed by atoms with van der Waals surface area (Å²) >= 11 is 5.78. The molecule has 0 radical (unpaired) electrons.